The maximum Gasteiger partial charge on any atom is 0.333 e. The monoisotopic (exact) mass is 263 g/mol. The Morgan fingerprint density at radius 3 is 2.57 bits per heavy atom. The van der Waals surface area contributed by atoms with Gasteiger partial charge in [-0.15, -0.1) is 0 Å². The maximum atomic E-state index is 11.3. The summed E-state index contributed by atoms with van der Waals surface area (Å²) in [6.07, 6.45) is 1.83. The molecule has 1 unspecified atom stereocenters. The van der Waals surface area contributed by atoms with Gasteiger partial charge in [0.15, 0.2) is 0 Å². The summed E-state index contributed by atoms with van der Waals surface area (Å²) < 4.78 is 5.05. The molecule has 0 aliphatic heterocycles. The van der Waals surface area contributed by atoms with Crippen molar-refractivity contribution in [2.75, 3.05) is 27.2 Å². The van der Waals surface area contributed by atoms with Crippen LogP contribution in [-0.2, 0) is 9.53 Å². The molecule has 0 fully saturated rings. The normalized spacial score (nSPS) is 14.3. The summed E-state index contributed by atoms with van der Waals surface area (Å²) in [6.45, 7) is 4.91. The van der Waals surface area contributed by atoms with Gasteiger partial charge in [0.25, 0.3) is 0 Å². The lowest BCUT2D eigenvalue weighted by Crippen LogP contribution is -2.20. The van der Waals surface area contributed by atoms with Crippen LogP contribution in [0.3, 0.4) is 0 Å². The van der Waals surface area contributed by atoms with Gasteiger partial charge in [-0.3, -0.25) is 0 Å². The van der Waals surface area contributed by atoms with Crippen LogP contribution in [0, 0.1) is 0 Å². The van der Waals surface area contributed by atoms with Gasteiger partial charge in [0.1, 0.15) is 6.61 Å². The first kappa shape index (κ1) is 13.7. The van der Waals surface area contributed by atoms with E-state index in [0.29, 0.717) is 12.2 Å². The number of likely N-dealkylation sites (N-methyl/N-ethyl adjacent to an activating group) is 1. The molecule has 3 nitrogen and oxygen atoms in total. The number of hydrogen-bond acceptors (Lipinski definition) is 3. The van der Waals surface area contributed by atoms with Gasteiger partial charge in [-0.25, -0.2) is 4.79 Å². The van der Waals surface area contributed by atoms with Crippen LogP contribution in [0.1, 0.15) is 13.8 Å². The second-order valence-corrected chi connectivity index (χ2v) is 4.91. The summed E-state index contributed by atoms with van der Waals surface area (Å²) in [4.78, 5) is 13.5. The number of halogens is 1. The van der Waals surface area contributed by atoms with Gasteiger partial charge in [-0.1, -0.05) is 22.0 Å². The largest absolute Gasteiger partial charge is 0.461 e. The van der Waals surface area contributed by atoms with Crippen molar-refractivity contribution < 1.29 is 9.53 Å². The molecule has 0 aromatic carbocycles. The smallest absolute Gasteiger partial charge is 0.333 e. The van der Waals surface area contributed by atoms with Crippen molar-refractivity contribution in [3.63, 3.8) is 0 Å². The van der Waals surface area contributed by atoms with Crippen LogP contribution >= 0.6 is 15.9 Å². The van der Waals surface area contributed by atoms with Gasteiger partial charge in [-0.05, 0) is 27.9 Å². The van der Waals surface area contributed by atoms with Crippen LogP contribution in [0.15, 0.2) is 11.6 Å². The summed E-state index contributed by atoms with van der Waals surface area (Å²) >= 11 is 3.34. The highest BCUT2D eigenvalue weighted by Crippen LogP contribution is 2.05. The Morgan fingerprint density at radius 2 is 2.14 bits per heavy atom. The molecule has 82 valence electrons. The van der Waals surface area contributed by atoms with Crippen molar-refractivity contribution in [1.82, 2.24) is 4.90 Å². The first-order chi connectivity index (χ1) is 6.43. The summed E-state index contributed by atoms with van der Waals surface area (Å²) in [5, 5.41) is 0. The van der Waals surface area contributed by atoms with E-state index < -0.39 is 0 Å². The van der Waals surface area contributed by atoms with E-state index in [0.717, 1.165) is 6.54 Å². The molecule has 0 aromatic heterocycles. The fourth-order valence-electron chi connectivity index (χ4n) is 0.847. The summed E-state index contributed by atoms with van der Waals surface area (Å²) in [5.74, 6) is -0.238. The molecule has 0 bridgehead atoms. The lowest BCUT2D eigenvalue weighted by molar-refractivity contribution is -0.139. The van der Waals surface area contributed by atoms with Crippen molar-refractivity contribution in [1.29, 1.82) is 0 Å². The number of alkyl halides is 1. The highest BCUT2D eigenvalue weighted by atomic mass is 79.9. The number of nitrogens with zero attached hydrogens (tertiary/aromatic N) is 1. The average Bonchev–Trinajstić information content (AvgIpc) is 2.01. The molecule has 0 radical (unpaired) electrons. The Bertz CT molecular complexity index is 212. The molecular weight excluding hydrogens is 246 g/mol. The van der Waals surface area contributed by atoms with E-state index in [1.807, 2.05) is 32.0 Å². The molecule has 0 aliphatic rings. The molecule has 0 heterocycles. The van der Waals surface area contributed by atoms with E-state index in [1.54, 1.807) is 6.92 Å². The Kier molecular flexibility index (Phi) is 6.83. The summed E-state index contributed by atoms with van der Waals surface area (Å²) in [6, 6.07) is 0. The van der Waals surface area contributed by atoms with E-state index in [9.17, 15) is 4.79 Å². The Labute approximate surface area is 94.2 Å². The van der Waals surface area contributed by atoms with Crippen LogP contribution in [0.4, 0.5) is 0 Å². The van der Waals surface area contributed by atoms with Crippen LogP contribution in [-0.4, -0.2) is 42.9 Å². The predicted octanol–water partition coefficient (Wildman–Crippen LogP) is 1.82. The number of carbonyl (C=O) groups excluding carboxylic acids is 1. The van der Waals surface area contributed by atoms with Crippen molar-refractivity contribution in [2.45, 2.75) is 18.7 Å². The van der Waals surface area contributed by atoms with Gasteiger partial charge < -0.3 is 9.64 Å². The minimum absolute atomic E-state index is 0.198. The number of hydrogen-bond donors (Lipinski definition) is 0. The average molecular weight is 264 g/mol. The van der Waals surface area contributed by atoms with E-state index in [1.165, 1.54) is 0 Å². The maximum absolute atomic E-state index is 11.3. The van der Waals surface area contributed by atoms with Crippen LogP contribution < -0.4 is 0 Å². The number of allylic oxidation sites excluding steroid dienone is 1. The van der Waals surface area contributed by atoms with Gasteiger partial charge >= 0.3 is 5.97 Å². The summed E-state index contributed by atoms with van der Waals surface area (Å²) in [5.41, 5.74) is 0.646. The van der Waals surface area contributed by atoms with Gasteiger partial charge in [-0.2, -0.15) is 0 Å². The van der Waals surface area contributed by atoms with Crippen molar-refractivity contribution in [3.05, 3.63) is 11.6 Å². The third-order valence-corrected chi connectivity index (χ3v) is 1.84. The topological polar surface area (TPSA) is 29.5 Å². The van der Waals surface area contributed by atoms with Gasteiger partial charge in [0.2, 0.25) is 0 Å². The Morgan fingerprint density at radius 1 is 1.57 bits per heavy atom. The molecule has 0 spiro atoms. The molecule has 1 atom stereocenters. The van der Waals surface area contributed by atoms with Gasteiger partial charge in [0.05, 0.1) is 0 Å². The molecule has 0 amide bonds. The second-order valence-electron chi connectivity index (χ2n) is 3.47. The molecule has 0 saturated heterocycles. The number of rotatable bonds is 5. The van der Waals surface area contributed by atoms with Crippen molar-refractivity contribution in [3.8, 4) is 0 Å². The molecule has 0 rings (SSSR count). The molecule has 0 N–H and O–H groups in total. The highest BCUT2D eigenvalue weighted by molar-refractivity contribution is 9.09. The minimum atomic E-state index is -0.238. The predicted molar refractivity (Wildman–Crippen MR) is 61.7 cm³/mol. The second kappa shape index (κ2) is 7.01. The lowest BCUT2D eigenvalue weighted by Gasteiger charge is -2.10. The zero-order valence-electron chi connectivity index (χ0n) is 9.21. The number of carbonyl (C=O) groups is 1. The highest BCUT2D eigenvalue weighted by Gasteiger charge is 2.06. The molecule has 0 saturated carbocycles. The molecule has 0 aliphatic carbocycles. The van der Waals surface area contributed by atoms with Crippen molar-refractivity contribution >= 4 is 21.9 Å². The third kappa shape index (κ3) is 7.09. The zero-order chi connectivity index (χ0) is 11.1. The fraction of sp³-hybridized carbons (Fsp3) is 0.700. The molecule has 0 aromatic rings. The summed E-state index contributed by atoms with van der Waals surface area (Å²) in [7, 11) is 3.88. The Balaban J connectivity index is 3.85. The quantitative estimate of drug-likeness (QED) is 0.431. The van der Waals surface area contributed by atoms with Gasteiger partial charge in [0, 0.05) is 16.9 Å². The SMILES string of the molecule is CC(=CC(C)Br)C(=O)OCCN(C)C. The first-order valence-corrected chi connectivity index (χ1v) is 5.49. The molecular formula is C10H18BrNO2. The van der Waals surface area contributed by atoms with E-state index in [4.69, 9.17) is 4.74 Å². The molecule has 14 heavy (non-hydrogen) atoms. The standard InChI is InChI=1S/C10H18BrNO2/c1-8(7-9(2)11)10(13)14-6-5-12(3)4/h7,9H,5-6H2,1-4H3. The number of esters is 1. The van der Waals surface area contributed by atoms with Crippen LogP contribution in [0.5, 0.6) is 0 Å². The van der Waals surface area contributed by atoms with E-state index in [2.05, 4.69) is 15.9 Å². The number of ether oxygens (including phenoxy) is 1. The first-order valence-electron chi connectivity index (χ1n) is 4.58. The molecule has 4 heteroatoms. The zero-order valence-corrected chi connectivity index (χ0v) is 10.8. The minimum Gasteiger partial charge on any atom is -0.461 e. The Hall–Kier alpha value is -0.350. The lowest BCUT2D eigenvalue weighted by atomic mass is 10.2. The van der Waals surface area contributed by atoms with Crippen LogP contribution in [0.2, 0.25) is 0 Å². The van der Waals surface area contributed by atoms with Crippen molar-refractivity contribution in [2.24, 2.45) is 0 Å². The van der Waals surface area contributed by atoms with E-state index in [-0.39, 0.29) is 10.8 Å². The third-order valence-electron chi connectivity index (χ3n) is 1.57. The van der Waals surface area contributed by atoms with Crippen LogP contribution in [0.25, 0.3) is 0 Å². The van der Waals surface area contributed by atoms with E-state index >= 15 is 0 Å². The fourth-order valence-corrected chi connectivity index (χ4v) is 1.24.